The normalized spacial score (nSPS) is 20.5. The van der Waals surface area contributed by atoms with E-state index in [0.29, 0.717) is 60.4 Å². The van der Waals surface area contributed by atoms with Crippen molar-refractivity contribution in [1.29, 1.82) is 0 Å². The number of likely N-dealkylation sites (tertiary alicyclic amines) is 1. The summed E-state index contributed by atoms with van der Waals surface area (Å²) in [5.41, 5.74) is 1.16. The molecule has 1 aliphatic carbocycles. The van der Waals surface area contributed by atoms with E-state index in [1.165, 1.54) is 19.4 Å². The molecule has 0 spiro atoms. The molecule has 0 bridgehead atoms. The molecule has 0 radical (unpaired) electrons. The summed E-state index contributed by atoms with van der Waals surface area (Å²) in [6.07, 6.45) is -0.152. The minimum atomic E-state index is -5.06. The summed E-state index contributed by atoms with van der Waals surface area (Å²) in [6, 6.07) is 11.1. The number of nitrogens with zero attached hydrogens (tertiary/aromatic N) is 5. The van der Waals surface area contributed by atoms with Gasteiger partial charge in [0.05, 0.1) is 35.1 Å². The lowest BCUT2D eigenvalue weighted by molar-refractivity contribution is -0.274. The number of fused-ring (bicyclic) bond motifs is 1. The van der Waals surface area contributed by atoms with Gasteiger partial charge < -0.3 is 39.8 Å². The third kappa shape index (κ3) is 10.0. The van der Waals surface area contributed by atoms with Crippen molar-refractivity contribution in [3.05, 3.63) is 77.3 Å². The predicted octanol–water partition coefficient (Wildman–Crippen LogP) is 8.46. The van der Waals surface area contributed by atoms with Crippen LogP contribution in [-0.2, 0) is 14.3 Å². The van der Waals surface area contributed by atoms with Crippen LogP contribution in [0.5, 0.6) is 5.75 Å². The highest BCUT2D eigenvalue weighted by Crippen LogP contribution is 2.50. The summed E-state index contributed by atoms with van der Waals surface area (Å²) in [5.74, 6) is 0.0668. The Morgan fingerprint density at radius 2 is 1.70 bits per heavy atom. The van der Waals surface area contributed by atoms with Crippen molar-refractivity contribution in [2.45, 2.75) is 91.3 Å². The van der Waals surface area contributed by atoms with Gasteiger partial charge in [-0.25, -0.2) is 14.8 Å². The van der Waals surface area contributed by atoms with Gasteiger partial charge in [0.1, 0.15) is 23.4 Å². The van der Waals surface area contributed by atoms with Crippen LogP contribution >= 0.6 is 11.6 Å². The Kier molecular flexibility index (Phi) is 12.7. The molecule has 0 unspecified atom stereocenters. The summed E-state index contributed by atoms with van der Waals surface area (Å²) in [6.45, 7) is 13.0. The monoisotopic (exact) mass is 892 g/mol. The van der Waals surface area contributed by atoms with Crippen LogP contribution in [0, 0.1) is 17.3 Å². The second-order valence-corrected chi connectivity index (χ2v) is 18.2. The van der Waals surface area contributed by atoms with E-state index in [4.69, 9.17) is 21.3 Å². The number of benzene rings is 2. The summed E-state index contributed by atoms with van der Waals surface area (Å²) in [4.78, 5) is 70.5. The maximum absolute atomic E-state index is 13.9. The molecular weight excluding hydrogens is 841 g/mol. The van der Waals surface area contributed by atoms with E-state index in [1.54, 1.807) is 42.6 Å². The molecule has 3 fully saturated rings. The van der Waals surface area contributed by atoms with Crippen molar-refractivity contribution >= 4 is 46.9 Å². The van der Waals surface area contributed by atoms with Crippen LogP contribution in [0.3, 0.4) is 0 Å². The van der Waals surface area contributed by atoms with E-state index in [0.717, 1.165) is 18.9 Å². The van der Waals surface area contributed by atoms with Crippen LogP contribution in [0.15, 0.2) is 60.9 Å². The number of carbonyl (C=O) groups excluding carboxylic acids is 4. The molecule has 5 atom stereocenters. The number of alkyl carbamates (subject to hydrolysis) is 1. The summed E-state index contributed by atoms with van der Waals surface area (Å²) >= 11 is 6.61. The molecule has 18 heteroatoms. The molecule has 3 N–H and O–H groups in total. The number of carbonyl (C=O) groups is 4. The van der Waals surface area contributed by atoms with Crippen molar-refractivity contribution < 1.29 is 41.8 Å². The number of aromatic nitrogens is 3. The summed E-state index contributed by atoms with van der Waals surface area (Å²) in [7, 11) is 1.25. The van der Waals surface area contributed by atoms with E-state index < -0.39 is 35.6 Å². The Morgan fingerprint density at radius 3 is 2.32 bits per heavy atom. The van der Waals surface area contributed by atoms with Crippen LogP contribution in [0.2, 0.25) is 5.02 Å². The second-order valence-electron chi connectivity index (χ2n) is 17.8. The van der Waals surface area contributed by atoms with Crippen molar-refractivity contribution in [2.24, 2.45) is 17.3 Å². The van der Waals surface area contributed by atoms with Gasteiger partial charge in [-0.15, -0.1) is 13.2 Å². The molecule has 4 amide bonds. The van der Waals surface area contributed by atoms with Gasteiger partial charge in [-0.1, -0.05) is 70.5 Å². The van der Waals surface area contributed by atoms with Crippen LogP contribution < -0.4 is 20.3 Å². The predicted molar refractivity (Wildman–Crippen MR) is 231 cm³/mol. The van der Waals surface area contributed by atoms with Gasteiger partial charge in [0, 0.05) is 66.7 Å². The van der Waals surface area contributed by atoms with Gasteiger partial charge >= 0.3 is 12.5 Å². The molecule has 7 rings (SSSR count). The number of imidazole rings is 1. The average molecular weight is 893 g/mol. The Morgan fingerprint density at radius 1 is 0.984 bits per heavy atom. The third-order valence-electron chi connectivity index (χ3n) is 11.8. The quantitative estimate of drug-likeness (QED) is 0.142. The third-order valence-corrected chi connectivity index (χ3v) is 12.2. The van der Waals surface area contributed by atoms with Crippen LogP contribution in [0.4, 0.5) is 29.5 Å². The summed E-state index contributed by atoms with van der Waals surface area (Å²) < 4.78 is 50.6. The molecule has 2 aliphatic heterocycles. The number of piperazine rings is 1. The number of ether oxygens (including phenoxy) is 2. The van der Waals surface area contributed by atoms with Gasteiger partial charge in [0.2, 0.25) is 11.8 Å². The Hall–Kier alpha value is -5.84. The van der Waals surface area contributed by atoms with Gasteiger partial charge in [-0.2, -0.15) is 0 Å². The first-order chi connectivity index (χ1) is 29.7. The van der Waals surface area contributed by atoms with E-state index in [2.05, 4.69) is 30.2 Å². The topological polar surface area (TPSA) is 162 Å². The number of halogens is 4. The number of piperidine rings is 1. The maximum atomic E-state index is 13.9. The Labute approximate surface area is 368 Å². The lowest BCUT2D eigenvalue weighted by atomic mass is 9.94. The number of hydrogen-bond acceptors (Lipinski definition) is 9. The number of pyridine rings is 1. The second kappa shape index (κ2) is 17.7. The fourth-order valence-corrected chi connectivity index (χ4v) is 8.68. The summed E-state index contributed by atoms with van der Waals surface area (Å²) in [5, 5.41) is 5.25. The lowest BCUT2D eigenvalue weighted by Gasteiger charge is -2.42. The number of aromatic amines is 1. The highest BCUT2D eigenvalue weighted by Gasteiger charge is 2.52. The molecule has 2 saturated heterocycles. The Balaban J connectivity index is 1.06. The zero-order valence-electron chi connectivity index (χ0n) is 36.2. The van der Waals surface area contributed by atoms with Gasteiger partial charge in [-0.3, -0.25) is 14.4 Å². The van der Waals surface area contributed by atoms with E-state index >= 15 is 0 Å². The molecular formula is C45H52ClF3N8O6. The van der Waals surface area contributed by atoms with E-state index in [-0.39, 0.29) is 57.7 Å². The highest BCUT2D eigenvalue weighted by molar-refractivity contribution is 6.34. The molecule has 1 saturated carbocycles. The number of alkyl halides is 3. The number of hydrogen-bond donors (Lipinski definition) is 3. The molecule has 3 aliphatic rings. The zero-order chi connectivity index (χ0) is 45.5. The minimum absolute atomic E-state index is 0.0269. The van der Waals surface area contributed by atoms with Crippen molar-refractivity contribution in [1.82, 2.24) is 30.1 Å². The number of H-pyrrole nitrogens is 1. The molecule has 63 heavy (non-hydrogen) atoms. The molecule has 4 heterocycles. The number of anilines is 2. The minimum Gasteiger partial charge on any atom is -0.453 e. The van der Waals surface area contributed by atoms with E-state index in [9.17, 15) is 32.3 Å². The number of nitrogens with one attached hydrogen (secondary N) is 3. The molecule has 336 valence electrons. The number of rotatable bonds is 10. The van der Waals surface area contributed by atoms with Gasteiger partial charge in [0.15, 0.2) is 0 Å². The van der Waals surface area contributed by atoms with Crippen molar-refractivity contribution in [3.63, 3.8) is 0 Å². The first-order valence-electron chi connectivity index (χ1n) is 21.0. The molecule has 2 aromatic carbocycles. The molecule has 2 aromatic heterocycles. The van der Waals surface area contributed by atoms with Crippen molar-refractivity contribution in [2.75, 3.05) is 37.0 Å². The van der Waals surface area contributed by atoms with Gasteiger partial charge in [0.25, 0.3) is 5.91 Å². The van der Waals surface area contributed by atoms with Crippen LogP contribution in [0.25, 0.3) is 22.4 Å². The Bertz CT molecular complexity index is 2350. The van der Waals surface area contributed by atoms with Crippen molar-refractivity contribution in [3.8, 4) is 28.1 Å². The molecule has 4 aromatic rings. The first-order valence-corrected chi connectivity index (χ1v) is 21.4. The molecule has 14 nitrogen and oxygen atoms in total. The largest absolute Gasteiger partial charge is 0.573 e. The first kappa shape index (κ1) is 45.2. The highest BCUT2D eigenvalue weighted by atomic mass is 35.5. The smallest absolute Gasteiger partial charge is 0.453 e. The van der Waals surface area contributed by atoms with Crippen LogP contribution in [-0.4, -0.2) is 99.8 Å². The SMILES string of the molecule is COC(=O)N[C@H](C(=O)N1[C@@H]2C[C@@H]2CC[C@H]1c1nc(-c2ccc(-c3cc(Cl)c(NC(=O)c4ccc(N5CCN(C(=O)C(C)(C)C)C[C@H]5C)nc4)cc3OC(F)(F)F)cc2)c[nH]1)C(C)C. The van der Waals surface area contributed by atoms with Gasteiger partial charge in [-0.05, 0) is 61.8 Å². The zero-order valence-corrected chi connectivity index (χ0v) is 36.9. The fourth-order valence-electron chi connectivity index (χ4n) is 8.47. The average Bonchev–Trinajstić information content (AvgIpc) is 3.87. The lowest BCUT2D eigenvalue weighted by Crippen LogP contribution is -2.56. The number of methoxy groups -OCH3 is 1. The van der Waals surface area contributed by atoms with E-state index in [1.807, 2.05) is 51.3 Å². The standard InChI is InChI=1S/C45H52ClF3N8O6/c1-24(2)38(54-43(61)62-7)41(59)57-34(14-12-28-18-35(28)57)39-51-22-33(52-39)27-10-8-26(9-11-27)30-19-31(46)32(20-36(30)63-45(47,48)49)53-40(58)29-13-15-37(50-21-29)56-17-16-55(23-25(56)3)42(60)44(4,5)6/h8-11,13,15,19-22,24-25,28,34-35,38H,12,14,16-18,23H2,1-7H3,(H,51,52)(H,53,58)(H,54,61)/t25-,28+,34+,35-,38+/m1/s1. The maximum Gasteiger partial charge on any atom is 0.573 e. The number of amides is 4. The fraction of sp³-hybridized carbons (Fsp3) is 0.467. The van der Waals surface area contributed by atoms with Crippen LogP contribution in [0.1, 0.15) is 83.0 Å².